The minimum absolute atomic E-state index is 0.0304. The minimum atomic E-state index is -0.402. The number of nitro benzene ring substituents is 1. The van der Waals surface area contributed by atoms with Crippen LogP contribution >= 0.6 is 11.3 Å². The van der Waals surface area contributed by atoms with Gasteiger partial charge in [0.1, 0.15) is 17.3 Å². The zero-order valence-corrected chi connectivity index (χ0v) is 23.7. The van der Waals surface area contributed by atoms with Crippen LogP contribution in [0.25, 0.3) is 23.1 Å². The number of fused-ring (bicyclic) bond motifs is 3. The van der Waals surface area contributed by atoms with Gasteiger partial charge in [-0.25, -0.2) is 4.99 Å². The molecule has 1 atom stereocenters. The molecule has 0 saturated carbocycles. The Morgan fingerprint density at radius 1 is 1.07 bits per heavy atom. The van der Waals surface area contributed by atoms with Crippen molar-refractivity contribution in [2.24, 2.45) is 4.99 Å². The van der Waals surface area contributed by atoms with Crippen molar-refractivity contribution in [3.05, 3.63) is 142 Å². The van der Waals surface area contributed by atoms with Crippen LogP contribution in [-0.2, 0) is 6.42 Å². The van der Waals surface area contributed by atoms with Crippen molar-refractivity contribution in [3.8, 4) is 17.1 Å². The van der Waals surface area contributed by atoms with Crippen LogP contribution in [0.4, 0.5) is 5.69 Å². The highest BCUT2D eigenvalue weighted by Crippen LogP contribution is 2.41. The molecule has 3 heterocycles. The molecule has 42 heavy (non-hydrogen) atoms. The summed E-state index contributed by atoms with van der Waals surface area (Å²) in [6.45, 7) is 1.70. The Morgan fingerprint density at radius 3 is 2.67 bits per heavy atom. The maximum Gasteiger partial charge on any atom is 0.273 e. The van der Waals surface area contributed by atoms with Crippen molar-refractivity contribution in [3.63, 3.8) is 0 Å². The van der Waals surface area contributed by atoms with Crippen molar-refractivity contribution in [1.29, 1.82) is 0 Å². The Labute approximate surface area is 244 Å². The molecule has 0 spiro atoms. The maximum atomic E-state index is 14.0. The molecule has 208 valence electrons. The predicted molar refractivity (Wildman–Crippen MR) is 161 cm³/mol. The quantitative estimate of drug-likeness (QED) is 0.195. The molecule has 0 amide bonds. The lowest BCUT2D eigenvalue weighted by Crippen LogP contribution is -2.38. The van der Waals surface area contributed by atoms with Crippen LogP contribution in [0.3, 0.4) is 0 Å². The summed E-state index contributed by atoms with van der Waals surface area (Å²) in [5, 5.41) is 11.4. The van der Waals surface area contributed by atoms with E-state index in [1.165, 1.54) is 23.0 Å². The van der Waals surface area contributed by atoms with Gasteiger partial charge in [0.15, 0.2) is 4.80 Å². The van der Waals surface area contributed by atoms with Crippen LogP contribution in [0.15, 0.2) is 98.6 Å². The van der Waals surface area contributed by atoms with Gasteiger partial charge < -0.3 is 9.15 Å². The fraction of sp³-hybridized carbons (Fsp3) is 0.152. The summed E-state index contributed by atoms with van der Waals surface area (Å²) in [5.74, 6) is 1.72. The molecule has 9 heteroatoms. The zero-order valence-electron chi connectivity index (χ0n) is 22.9. The SMILES string of the molecule is COc1ccc([C@H]2C3=C(N=c4s/c(=C/c5ccc(-c6ccc(C)c([N+](=O)[O-])c6)o5)c(=O)n42)c2ccccc2CC3)cc1. The van der Waals surface area contributed by atoms with E-state index in [0.29, 0.717) is 32.0 Å². The van der Waals surface area contributed by atoms with Crippen molar-refractivity contribution in [2.75, 3.05) is 7.11 Å². The third kappa shape index (κ3) is 4.29. The lowest BCUT2D eigenvalue weighted by Gasteiger charge is -2.30. The summed E-state index contributed by atoms with van der Waals surface area (Å²) in [5.41, 5.74) is 6.48. The fourth-order valence-corrected chi connectivity index (χ4v) is 6.76. The molecule has 2 aliphatic rings. The highest BCUT2D eigenvalue weighted by Gasteiger charge is 2.32. The normalized spacial score (nSPS) is 16.0. The summed E-state index contributed by atoms with van der Waals surface area (Å²) in [6.07, 6.45) is 3.41. The number of rotatable bonds is 5. The minimum Gasteiger partial charge on any atom is -0.497 e. The van der Waals surface area contributed by atoms with E-state index >= 15 is 0 Å². The summed E-state index contributed by atoms with van der Waals surface area (Å²) >= 11 is 1.33. The number of hydrogen-bond donors (Lipinski definition) is 0. The second-order valence-electron chi connectivity index (χ2n) is 10.3. The Kier molecular flexibility index (Phi) is 6.24. The van der Waals surface area contributed by atoms with Crippen molar-refractivity contribution in [1.82, 2.24) is 4.57 Å². The van der Waals surface area contributed by atoms with Gasteiger partial charge in [-0.05, 0) is 60.7 Å². The monoisotopic (exact) mass is 575 g/mol. The van der Waals surface area contributed by atoms with E-state index in [1.54, 1.807) is 48.9 Å². The van der Waals surface area contributed by atoms with Crippen molar-refractivity contribution in [2.45, 2.75) is 25.8 Å². The average molecular weight is 576 g/mol. The highest BCUT2D eigenvalue weighted by molar-refractivity contribution is 7.07. The Hall–Kier alpha value is -5.02. The molecule has 0 N–H and O–H groups in total. The number of nitro groups is 1. The zero-order chi connectivity index (χ0) is 29.0. The number of aromatic nitrogens is 1. The number of benzene rings is 3. The van der Waals surface area contributed by atoms with Crippen molar-refractivity contribution < 1.29 is 14.1 Å². The first kappa shape index (κ1) is 25.9. The Balaban J connectivity index is 1.36. The van der Waals surface area contributed by atoms with Gasteiger partial charge in [0.25, 0.3) is 11.2 Å². The number of ether oxygens (including phenoxy) is 1. The van der Waals surface area contributed by atoms with E-state index in [4.69, 9.17) is 14.1 Å². The smallest absolute Gasteiger partial charge is 0.273 e. The lowest BCUT2D eigenvalue weighted by molar-refractivity contribution is -0.385. The number of furan rings is 1. The molecule has 1 aliphatic carbocycles. The molecular weight excluding hydrogens is 550 g/mol. The largest absolute Gasteiger partial charge is 0.497 e. The molecule has 2 aromatic heterocycles. The molecule has 0 saturated heterocycles. The summed E-state index contributed by atoms with van der Waals surface area (Å²) in [7, 11) is 1.64. The molecule has 0 unspecified atom stereocenters. The highest BCUT2D eigenvalue weighted by atomic mass is 32.1. The molecule has 1 aliphatic heterocycles. The molecule has 8 nitrogen and oxygen atoms in total. The second-order valence-corrected chi connectivity index (χ2v) is 11.4. The summed E-state index contributed by atoms with van der Waals surface area (Å²) in [6, 6.07) is 24.4. The Morgan fingerprint density at radius 2 is 1.88 bits per heavy atom. The second kappa shape index (κ2) is 10.1. The fourth-order valence-electron chi connectivity index (χ4n) is 5.78. The summed E-state index contributed by atoms with van der Waals surface area (Å²) < 4.78 is 13.7. The van der Waals surface area contributed by atoms with Gasteiger partial charge in [0.2, 0.25) is 0 Å². The molecule has 7 rings (SSSR count). The number of aryl methyl sites for hydroxylation is 2. The predicted octanol–water partition coefficient (Wildman–Crippen LogP) is 5.80. The van der Waals surface area contributed by atoms with E-state index in [0.717, 1.165) is 41.0 Å². The van der Waals surface area contributed by atoms with E-state index in [1.807, 2.05) is 30.3 Å². The molecule has 5 aromatic rings. The van der Waals surface area contributed by atoms with Crippen LogP contribution in [0.1, 0.15) is 40.5 Å². The molecule has 0 fully saturated rings. The molecule has 3 aromatic carbocycles. The van der Waals surface area contributed by atoms with Crippen LogP contribution in [0.5, 0.6) is 5.75 Å². The van der Waals surface area contributed by atoms with E-state index < -0.39 is 4.92 Å². The van der Waals surface area contributed by atoms with Crippen LogP contribution < -0.4 is 19.6 Å². The third-order valence-corrected chi connectivity index (χ3v) is 8.88. The maximum absolute atomic E-state index is 14.0. The van der Waals surface area contributed by atoms with Crippen molar-refractivity contribution >= 4 is 28.8 Å². The third-order valence-electron chi connectivity index (χ3n) is 7.89. The number of nitrogens with zero attached hydrogens (tertiary/aromatic N) is 3. The topological polar surface area (TPSA) is 99.9 Å². The summed E-state index contributed by atoms with van der Waals surface area (Å²) in [4.78, 5) is 30.7. The first-order valence-corrected chi connectivity index (χ1v) is 14.4. The van der Waals surface area contributed by atoms with Gasteiger partial charge in [-0.3, -0.25) is 19.5 Å². The van der Waals surface area contributed by atoms with Crippen LogP contribution in [0.2, 0.25) is 0 Å². The van der Waals surface area contributed by atoms with E-state index in [9.17, 15) is 14.9 Å². The number of thiazole rings is 1. The molecular formula is C33H25N3O5S. The number of allylic oxidation sites excluding steroid dienone is 1. The van der Waals surface area contributed by atoms with Gasteiger partial charge in [-0.1, -0.05) is 59.9 Å². The van der Waals surface area contributed by atoms with Gasteiger partial charge in [0, 0.05) is 28.8 Å². The van der Waals surface area contributed by atoms with Gasteiger partial charge in [-0.2, -0.15) is 0 Å². The standard InChI is InChI=1S/C33H25N3O5S/c1-19-7-8-22(17-27(19)36(38)39)28-16-14-24(41-28)18-29-32(37)35-31(21-9-12-23(40-2)13-10-21)26-15-11-20-5-3-4-6-25(20)30(26)34-33(35)42-29/h3-10,12-14,16-18,31H,11,15H2,1-2H3/b29-18+/t31-/m0/s1. The van der Waals surface area contributed by atoms with Gasteiger partial charge >= 0.3 is 0 Å². The first-order chi connectivity index (χ1) is 20.4. The van der Waals surface area contributed by atoms with E-state index in [2.05, 4.69) is 18.2 Å². The average Bonchev–Trinajstić information content (AvgIpc) is 3.60. The number of methoxy groups -OCH3 is 1. The van der Waals surface area contributed by atoms with Crippen LogP contribution in [0, 0.1) is 17.0 Å². The van der Waals surface area contributed by atoms with E-state index in [-0.39, 0.29) is 17.3 Å². The Bertz CT molecular complexity index is 2100. The lowest BCUT2D eigenvalue weighted by atomic mass is 9.83. The first-order valence-electron chi connectivity index (χ1n) is 13.5. The molecule has 0 radical (unpaired) electrons. The number of hydrogen-bond acceptors (Lipinski definition) is 7. The van der Waals surface area contributed by atoms with Crippen LogP contribution in [-0.4, -0.2) is 16.6 Å². The molecule has 0 bridgehead atoms. The van der Waals surface area contributed by atoms with Gasteiger partial charge in [-0.15, -0.1) is 0 Å². The van der Waals surface area contributed by atoms with Gasteiger partial charge in [0.05, 0.1) is 28.3 Å².